The second-order valence-corrected chi connectivity index (χ2v) is 4.63. The van der Waals surface area contributed by atoms with E-state index in [9.17, 15) is 8.78 Å². The summed E-state index contributed by atoms with van der Waals surface area (Å²) in [5.41, 5.74) is 0.334. The van der Waals surface area contributed by atoms with Crippen molar-refractivity contribution in [2.24, 2.45) is 0 Å². The number of rotatable bonds is 3. The summed E-state index contributed by atoms with van der Waals surface area (Å²) in [4.78, 5) is 1.54. The van der Waals surface area contributed by atoms with Crippen molar-refractivity contribution in [1.82, 2.24) is 0 Å². The largest absolute Gasteiger partial charge is 0.207 e. The van der Waals surface area contributed by atoms with E-state index in [1.54, 1.807) is 0 Å². The van der Waals surface area contributed by atoms with Gasteiger partial charge in [0.2, 0.25) is 0 Å². The van der Waals surface area contributed by atoms with Gasteiger partial charge in [0.1, 0.15) is 11.6 Å². The first kappa shape index (κ1) is 11.9. The topological polar surface area (TPSA) is 0 Å². The summed E-state index contributed by atoms with van der Waals surface area (Å²) in [6.07, 6.45) is 0. The molecule has 0 amide bonds. The summed E-state index contributed by atoms with van der Waals surface area (Å²) in [5, 5.41) is 0. The fourth-order valence-electron chi connectivity index (χ4n) is 1.40. The Balaban J connectivity index is 2.21. The highest BCUT2D eigenvalue weighted by Crippen LogP contribution is 2.33. The maximum absolute atomic E-state index is 13.5. The van der Waals surface area contributed by atoms with E-state index < -0.39 is 11.6 Å². The number of thioether (sulfide) groups is 1. The molecule has 0 unspecified atom stereocenters. The van der Waals surface area contributed by atoms with Crippen LogP contribution in [0, 0.1) is 11.6 Å². The second-order valence-electron chi connectivity index (χ2n) is 3.46. The van der Waals surface area contributed by atoms with E-state index in [2.05, 4.69) is 6.58 Å². The first-order valence-electron chi connectivity index (χ1n) is 5.04. The molecule has 2 aromatic rings. The van der Waals surface area contributed by atoms with Crippen LogP contribution >= 0.6 is 11.8 Å². The summed E-state index contributed by atoms with van der Waals surface area (Å²) in [6, 6.07) is 13.0. The quantitative estimate of drug-likeness (QED) is 0.708. The minimum absolute atomic E-state index is 0.334. The minimum atomic E-state index is -0.585. The number of halogens is 2. The molecule has 0 atom stereocenters. The molecule has 0 aliphatic heterocycles. The third-order valence-electron chi connectivity index (χ3n) is 2.22. The van der Waals surface area contributed by atoms with E-state index in [4.69, 9.17) is 0 Å². The molecule has 0 aromatic heterocycles. The summed E-state index contributed by atoms with van der Waals surface area (Å²) in [7, 11) is 0. The van der Waals surface area contributed by atoms with Crippen molar-refractivity contribution in [3.05, 3.63) is 72.3 Å². The van der Waals surface area contributed by atoms with E-state index in [-0.39, 0.29) is 0 Å². The van der Waals surface area contributed by atoms with Crippen molar-refractivity contribution in [3.63, 3.8) is 0 Å². The average molecular weight is 248 g/mol. The van der Waals surface area contributed by atoms with Gasteiger partial charge in [-0.15, -0.1) is 0 Å². The van der Waals surface area contributed by atoms with Gasteiger partial charge in [0, 0.05) is 21.4 Å². The lowest BCUT2D eigenvalue weighted by atomic mass is 10.2. The van der Waals surface area contributed by atoms with Gasteiger partial charge in [-0.25, -0.2) is 8.78 Å². The molecule has 0 N–H and O–H groups in total. The molecule has 0 aliphatic rings. The third kappa shape index (κ3) is 2.94. The van der Waals surface area contributed by atoms with Gasteiger partial charge in [-0.2, -0.15) is 0 Å². The van der Waals surface area contributed by atoms with E-state index >= 15 is 0 Å². The molecule has 86 valence electrons. The lowest BCUT2D eigenvalue weighted by Gasteiger charge is -2.06. The Kier molecular flexibility index (Phi) is 3.59. The van der Waals surface area contributed by atoms with Crippen LogP contribution in [0.3, 0.4) is 0 Å². The molecule has 0 nitrogen and oxygen atoms in total. The van der Waals surface area contributed by atoms with E-state index in [1.807, 2.05) is 30.3 Å². The molecule has 0 fully saturated rings. The summed E-state index contributed by atoms with van der Waals surface area (Å²) < 4.78 is 26.3. The molecule has 2 aromatic carbocycles. The Bertz CT molecular complexity index is 535. The smallest absolute Gasteiger partial charge is 0.134 e. The zero-order valence-corrected chi connectivity index (χ0v) is 9.81. The minimum Gasteiger partial charge on any atom is -0.207 e. The molecule has 0 radical (unpaired) electrons. The van der Waals surface area contributed by atoms with E-state index in [0.717, 1.165) is 11.0 Å². The Hall–Kier alpha value is -1.61. The molecule has 0 aliphatic carbocycles. The van der Waals surface area contributed by atoms with Crippen molar-refractivity contribution in [1.29, 1.82) is 0 Å². The van der Waals surface area contributed by atoms with Crippen molar-refractivity contribution in [2.45, 2.75) is 4.90 Å². The number of benzene rings is 2. The van der Waals surface area contributed by atoms with Crippen LogP contribution in [0.5, 0.6) is 0 Å². The van der Waals surface area contributed by atoms with Crippen molar-refractivity contribution in [3.8, 4) is 0 Å². The molecule has 17 heavy (non-hydrogen) atoms. The lowest BCUT2D eigenvalue weighted by Crippen LogP contribution is -1.87. The first-order chi connectivity index (χ1) is 8.16. The highest BCUT2D eigenvalue weighted by molar-refractivity contribution is 8.08. The van der Waals surface area contributed by atoms with E-state index in [0.29, 0.717) is 10.5 Å². The van der Waals surface area contributed by atoms with Gasteiger partial charge < -0.3 is 0 Å². The predicted octanol–water partition coefficient (Wildman–Crippen LogP) is 4.73. The number of hydrogen-bond acceptors (Lipinski definition) is 1. The van der Waals surface area contributed by atoms with Gasteiger partial charge in [-0.1, -0.05) is 36.5 Å². The maximum atomic E-state index is 13.5. The van der Waals surface area contributed by atoms with Crippen LogP contribution in [-0.2, 0) is 0 Å². The van der Waals surface area contributed by atoms with Gasteiger partial charge in [0.25, 0.3) is 0 Å². The molecule has 0 bridgehead atoms. The van der Waals surface area contributed by atoms with Crippen molar-refractivity contribution < 1.29 is 8.78 Å². The molecule has 0 saturated heterocycles. The number of hydrogen-bond donors (Lipinski definition) is 0. The van der Waals surface area contributed by atoms with Crippen LogP contribution in [0.1, 0.15) is 5.56 Å². The van der Waals surface area contributed by atoms with Crippen LogP contribution in [-0.4, -0.2) is 0 Å². The lowest BCUT2D eigenvalue weighted by molar-refractivity contribution is 0.581. The first-order valence-corrected chi connectivity index (χ1v) is 5.85. The summed E-state index contributed by atoms with van der Waals surface area (Å²) >= 11 is 1.36. The molecule has 2 rings (SSSR count). The Labute approximate surface area is 103 Å². The highest BCUT2D eigenvalue weighted by atomic mass is 32.2. The van der Waals surface area contributed by atoms with E-state index in [1.165, 1.54) is 23.9 Å². The van der Waals surface area contributed by atoms with Crippen LogP contribution in [0.4, 0.5) is 8.78 Å². The Morgan fingerprint density at radius 1 is 1.00 bits per heavy atom. The highest BCUT2D eigenvalue weighted by Gasteiger charge is 2.08. The Morgan fingerprint density at radius 3 is 2.35 bits per heavy atom. The molecular formula is C14H10F2S. The zero-order chi connectivity index (χ0) is 12.3. The summed E-state index contributed by atoms with van der Waals surface area (Å²) in [5.74, 6) is -1.16. The van der Waals surface area contributed by atoms with Gasteiger partial charge in [-0.05, 0) is 24.3 Å². The normalized spacial score (nSPS) is 10.2. The summed E-state index contributed by atoms with van der Waals surface area (Å²) in [6.45, 7) is 3.81. The Morgan fingerprint density at radius 2 is 1.71 bits per heavy atom. The standard InChI is InChI=1S/C14H10F2S/c1-10(17-12-5-3-2-4-6-12)13-8-7-11(15)9-14(13)16/h2-9H,1H2. The molecular weight excluding hydrogens is 238 g/mol. The second kappa shape index (κ2) is 5.15. The molecule has 0 spiro atoms. The van der Waals surface area contributed by atoms with Crippen LogP contribution in [0.15, 0.2) is 60.0 Å². The van der Waals surface area contributed by atoms with Crippen molar-refractivity contribution >= 4 is 16.7 Å². The average Bonchev–Trinajstić information content (AvgIpc) is 2.30. The van der Waals surface area contributed by atoms with Gasteiger partial charge in [0.05, 0.1) is 0 Å². The van der Waals surface area contributed by atoms with Crippen LogP contribution in [0.2, 0.25) is 0 Å². The van der Waals surface area contributed by atoms with Crippen molar-refractivity contribution in [2.75, 3.05) is 0 Å². The fraction of sp³-hybridized carbons (Fsp3) is 0. The van der Waals surface area contributed by atoms with Crippen LogP contribution in [0.25, 0.3) is 4.91 Å². The predicted molar refractivity (Wildman–Crippen MR) is 67.7 cm³/mol. The maximum Gasteiger partial charge on any atom is 0.134 e. The molecule has 0 heterocycles. The molecule has 0 saturated carbocycles. The monoisotopic (exact) mass is 248 g/mol. The van der Waals surface area contributed by atoms with Gasteiger partial charge >= 0.3 is 0 Å². The van der Waals surface area contributed by atoms with Gasteiger partial charge in [0.15, 0.2) is 0 Å². The zero-order valence-electron chi connectivity index (χ0n) is 8.99. The third-order valence-corrected chi connectivity index (χ3v) is 3.19. The SMILES string of the molecule is C=C(Sc1ccccc1)c1ccc(F)cc1F. The molecule has 3 heteroatoms. The fourth-order valence-corrected chi connectivity index (χ4v) is 2.25. The van der Waals surface area contributed by atoms with Crippen LogP contribution < -0.4 is 0 Å². The van der Waals surface area contributed by atoms with Gasteiger partial charge in [-0.3, -0.25) is 0 Å².